The average molecular weight is 222 g/mol. The molecule has 0 heterocycles. The van der Waals surface area contributed by atoms with Gasteiger partial charge in [0.2, 0.25) is 0 Å². The van der Waals surface area contributed by atoms with Gasteiger partial charge in [0.25, 0.3) is 0 Å². The van der Waals surface area contributed by atoms with Crippen molar-refractivity contribution >= 4 is 7.60 Å². The van der Waals surface area contributed by atoms with E-state index in [0.717, 1.165) is 12.8 Å². The Morgan fingerprint density at radius 2 is 1.64 bits per heavy atom. The largest absolute Gasteiger partial charge is 0.327 e. The maximum atomic E-state index is 11.1. The van der Waals surface area contributed by atoms with E-state index in [1.165, 1.54) is 25.7 Å². The van der Waals surface area contributed by atoms with E-state index >= 15 is 0 Å². The quantitative estimate of drug-likeness (QED) is 0.479. The molecule has 0 saturated heterocycles. The Balaban J connectivity index is 3.17. The number of hydrogen-bond donors (Lipinski definition) is 1. The zero-order valence-electron chi connectivity index (χ0n) is 9.37. The van der Waals surface area contributed by atoms with Crippen molar-refractivity contribution in [2.24, 2.45) is 0 Å². The zero-order valence-corrected chi connectivity index (χ0v) is 10.3. The third kappa shape index (κ3) is 8.74. The van der Waals surface area contributed by atoms with Gasteiger partial charge in [0, 0.05) is 6.16 Å². The minimum absolute atomic E-state index is 0.211. The molecule has 0 radical (unpaired) electrons. The van der Waals surface area contributed by atoms with Crippen LogP contribution in [0.4, 0.5) is 0 Å². The van der Waals surface area contributed by atoms with Gasteiger partial charge >= 0.3 is 7.60 Å². The van der Waals surface area contributed by atoms with Crippen LogP contribution in [-0.2, 0) is 9.09 Å². The summed E-state index contributed by atoms with van der Waals surface area (Å²) in [5, 5.41) is 0. The van der Waals surface area contributed by atoms with Gasteiger partial charge in [-0.15, -0.1) is 0 Å². The highest BCUT2D eigenvalue weighted by atomic mass is 31.2. The zero-order chi connectivity index (χ0) is 10.9. The topological polar surface area (TPSA) is 46.5 Å². The maximum Gasteiger partial charge on any atom is 0.327 e. The molecule has 14 heavy (non-hydrogen) atoms. The van der Waals surface area contributed by atoms with E-state index in [0.29, 0.717) is 6.61 Å². The van der Waals surface area contributed by atoms with Crippen molar-refractivity contribution in [2.75, 3.05) is 12.8 Å². The molecular weight excluding hydrogens is 199 g/mol. The lowest BCUT2D eigenvalue weighted by atomic mass is 10.1. The van der Waals surface area contributed by atoms with Gasteiger partial charge in [0.15, 0.2) is 0 Å². The van der Waals surface area contributed by atoms with Crippen molar-refractivity contribution in [3.05, 3.63) is 0 Å². The first-order valence-electron chi connectivity index (χ1n) is 5.58. The summed E-state index contributed by atoms with van der Waals surface area (Å²) >= 11 is 0. The van der Waals surface area contributed by atoms with Gasteiger partial charge in [-0.3, -0.25) is 4.57 Å². The van der Waals surface area contributed by atoms with Gasteiger partial charge in [-0.1, -0.05) is 46.0 Å². The molecule has 0 saturated carbocycles. The molecule has 0 aromatic heterocycles. The second-order valence-corrected chi connectivity index (χ2v) is 5.72. The van der Waals surface area contributed by atoms with Gasteiger partial charge in [0.1, 0.15) is 0 Å². The Kier molecular flexibility index (Phi) is 8.55. The summed E-state index contributed by atoms with van der Waals surface area (Å²) in [5.74, 6) is 0. The number of rotatable bonds is 9. The standard InChI is InChI=1S/C10H23O3P/c1-3-5-6-7-8-9-10-13-14(11,12)4-2/h3-10H2,1-2H3,(H,11,12). The molecular formula is C10H23O3P. The predicted octanol–water partition coefficient (Wildman–Crippen LogP) is 3.57. The summed E-state index contributed by atoms with van der Waals surface area (Å²) in [6.07, 6.45) is 7.22. The predicted molar refractivity (Wildman–Crippen MR) is 59.7 cm³/mol. The van der Waals surface area contributed by atoms with E-state index < -0.39 is 7.60 Å². The summed E-state index contributed by atoms with van der Waals surface area (Å²) < 4.78 is 15.9. The summed E-state index contributed by atoms with van der Waals surface area (Å²) in [7, 11) is -3.23. The Labute approximate surface area is 87.4 Å². The maximum absolute atomic E-state index is 11.1. The second kappa shape index (κ2) is 8.46. The van der Waals surface area contributed by atoms with E-state index in [1.54, 1.807) is 6.92 Å². The van der Waals surface area contributed by atoms with Gasteiger partial charge in [-0.2, -0.15) is 0 Å². The first-order valence-corrected chi connectivity index (χ1v) is 7.35. The van der Waals surface area contributed by atoms with Crippen molar-refractivity contribution in [1.82, 2.24) is 0 Å². The fourth-order valence-corrected chi connectivity index (χ4v) is 1.78. The van der Waals surface area contributed by atoms with Crippen LogP contribution < -0.4 is 0 Å². The number of hydrogen-bond acceptors (Lipinski definition) is 2. The van der Waals surface area contributed by atoms with E-state index in [4.69, 9.17) is 9.42 Å². The van der Waals surface area contributed by atoms with Crippen molar-refractivity contribution in [2.45, 2.75) is 52.4 Å². The molecule has 0 rings (SSSR count). The van der Waals surface area contributed by atoms with Crippen LogP contribution in [0.2, 0.25) is 0 Å². The third-order valence-corrected chi connectivity index (χ3v) is 3.58. The SMILES string of the molecule is CCCCCCCCOP(=O)(O)CC. The lowest BCUT2D eigenvalue weighted by molar-refractivity contribution is 0.253. The fraction of sp³-hybridized carbons (Fsp3) is 1.00. The van der Waals surface area contributed by atoms with Crippen molar-refractivity contribution in [1.29, 1.82) is 0 Å². The molecule has 4 heteroatoms. The molecule has 0 aliphatic rings. The second-order valence-electron chi connectivity index (χ2n) is 3.55. The molecule has 0 aromatic carbocycles. The van der Waals surface area contributed by atoms with Crippen molar-refractivity contribution in [3.8, 4) is 0 Å². The fourth-order valence-electron chi connectivity index (χ4n) is 1.18. The van der Waals surface area contributed by atoms with E-state index in [-0.39, 0.29) is 6.16 Å². The van der Waals surface area contributed by atoms with Crippen molar-refractivity contribution in [3.63, 3.8) is 0 Å². The van der Waals surface area contributed by atoms with E-state index in [2.05, 4.69) is 6.92 Å². The minimum atomic E-state index is -3.23. The third-order valence-electron chi connectivity index (χ3n) is 2.19. The number of unbranched alkanes of at least 4 members (excludes halogenated alkanes) is 5. The lowest BCUT2D eigenvalue weighted by Crippen LogP contribution is -1.94. The van der Waals surface area contributed by atoms with Crippen LogP contribution >= 0.6 is 7.60 Å². The van der Waals surface area contributed by atoms with Gasteiger partial charge in [-0.05, 0) is 6.42 Å². The van der Waals surface area contributed by atoms with Gasteiger partial charge in [0.05, 0.1) is 6.61 Å². The summed E-state index contributed by atoms with van der Waals surface area (Å²) in [4.78, 5) is 9.10. The molecule has 1 atom stereocenters. The highest BCUT2D eigenvalue weighted by Crippen LogP contribution is 2.40. The van der Waals surface area contributed by atoms with E-state index in [1.807, 2.05) is 0 Å². The Hall–Kier alpha value is 0.150. The minimum Gasteiger partial charge on any atom is -0.324 e. The highest BCUT2D eigenvalue weighted by Gasteiger charge is 2.14. The normalized spacial score (nSPS) is 15.4. The van der Waals surface area contributed by atoms with Gasteiger partial charge < -0.3 is 9.42 Å². The van der Waals surface area contributed by atoms with E-state index in [9.17, 15) is 4.57 Å². The highest BCUT2D eigenvalue weighted by molar-refractivity contribution is 7.52. The molecule has 1 N–H and O–H groups in total. The smallest absolute Gasteiger partial charge is 0.324 e. The molecule has 0 aromatic rings. The Morgan fingerprint density at radius 1 is 1.07 bits per heavy atom. The van der Waals surface area contributed by atoms with Crippen LogP contribution in [0.3, 0.4) is 0 Å². The van der Waals surface area contributed by atoms with Crippen LogP contribution in [0.1, 0.15) is 52.4 Å². The Morgan fingerprint density at radius 3 is 2.21 bits per heavy atom. The molecule has 0 fully saturated rings. The summed E-state index contributed by atoms with van der Waals surface area (Å²) in [6.45, 7) is 4.28. The van der Waals surface area contributed by atoms with Crippen LogP contribution in [0, 0.1) is 0 Å². The van der Waals surface area contributed by atoms with Crippen LogP contribution in [0.5, 0.6) is 0 Å². The Bertz CT molecular complexity index is 171. The molecule has 0 aliphatic heterocycles. The first kappa shape index (κ1) is 14.2. The molecule has 0 bridgehead atoms. The van der Waals surface area contributed by atoms with Crippen LogP contribution in [0.25, 0.3) is 0 Å². The first-order chi connectivity index (χ1) is 6.62. The molecule has 0 aliphatic carbocycles. The van der Waals surface area contributed by atoms with Crippen LogP contribution in [0.15, 0.2) is 0 Å². The average Bonchev–Trinajstić information content (AvgIpc) is 2.16. The van der Waals surface area contributed by atoms with Gasteiger partial charge in [-0.25, -0.2) is 0 Å². The van der Waals surface area contributed by atoms with Crippen LogP contribution in [-0.4, -0.2) is 17.7 Å². The monoisotopic (exact) mass is 222 g/mol. The lowest BCUT2D eigenvalue weighted by Gasteiger charge is -2.09. The molecule has 86 valence electrons. The van der Waals surface area contributed by atoms with Crippen molar-refractivity contribution < 1.29 is 14.0 Å². The molecule has 0 spiro atoms. The summed E-state index contributed by atoms with van der Waals surface area (Å²) in [6, 6.07) is 0. The molecule has 3 nitrogen and oxygen atoms in total. The summed E-state index contributed by atoms with van der Waals surface area (Å²) in [5.41, 5.74) is 0. The molecule has 1 unspecified atom stereocenters. The molecule has 0 amide bonds.